The van der Waals surface area contributed by atoms with E-state index in [1.165, 1.54) is 36.0 Å². The Bertz CT molecular complexity index is 1340. The number of aromatic nitrogens is 3. The molecule has 0 aliphatic carbocycles. The number of nitrogens with zero attached hydrogens (tertiary/aromatic N) is 3. The lowest BCUT2D eigenvalue weighted by Crippen LogP contribution is -2.19. The zero-order valence-corrected chi connectivity index (χ0v) is 21.1. The Morgan fingerprint density at radius 3 is 2.64 bits per heavy atom. The maximum absolute atomic E-state index is 12.5. The molecule has 3 heterocycles. The van der Waals surface area contributed by atoms with Crippen molar-refractivity contribution in [2.75, 3.05) is 31.8 Å². The Morgan fingerprint density at radius 1 is 1.03 bits per heavy atom. The molecule has 5 rings (SSSR count). The average Bonchev–Trinajstić information content (AvgIpc) is 3.41. The summed E-state index contributed by atoms with van der Waals surface area (Å²) in [5.41, 5.74) is 3.83. The Hall–Kier alpha value is -3.36. The third-order valence-electron chi connectivity index (χ3n) is 6.33. The van der Waals surface area contributed by atoms with Gasteiger partial charge in [0.25, 0.3) is 11.4 Å². The van der Waals surface area contributed by atoms with Crippen LogP contribution in [0.5, 0.6) is 5.75 Å². The van der Waals surface area contributed by atoms with Crippen molar-refractivity contribution in [3.63, 3.8) is 0 Å². The minimum absolute atomic E-state index is 0.107. The van der Waals surface area contributed by atoms with Crippen LogP contribution in [0.2, 0.25) is 0 Å². The minimum atomic E-state index is -0.107. The first-order valence-electron chi connectivity index (χ1n) is 12.1. The standard InChI is InChI=1S/C28H29N3O4S/c1-33-13-14-34-25-4-2-3-20(17-25)18-31-19-24(9-10-26(31)32)27-29-28(35-30-27)23-7-5-21(6-8-23)22-11-15-36-16-12-22/h2-10,17,19,22H,11-16,18H2,1H3. The summed E-state index contributed by atoms with van der Waals surface area (Å²) in [5.74, 6) is 4.75. The van der Waals surface area contributed by atoms with Gasteiger partial charge in [-0.3, -0.25) is 4.79 Å². The summed E-state index contributed by atoms with van der Waals surface area (Å²) in [5, 5.41) is 4.17. The number of benzene rings is 2. The van der Waals surface area contributed by atoms with Gasteiger partial charge in [-0.2, -0.15) is 16.7 Å². The molecular weight excluding hydrogens is 474 g/mol. The van der Waals surface area contributed by atoms with Gasteiger partial charge < -0.3 is 18.6 Å². The number of methoxy groups -OCH3 is 1. The highest BCUT2D eigenvalue weighted by molar-refractivity contribution is 7.99. The second kappa shape index (κ2) is 11.6. The Labute approximate surface area is 214 Å². The molecule has 0 N–H and O–H groups in total. The van der Waals surface area contributed by atoms with E-state index in [9.17, 15) is 4.79 Å². The first kappa shape index (κ1) is 24.3. The summed E-state index contributed by atoms with van der Waals surface area (Å²) in [6.45, 7) is 1.39. The molecule has 0 bridgehead atoms. The van der Waals surface area contributed by atoms with Crippen LogP contribution in [0.3, 0.4) is 0 Å². The topological polar surface area (TPSA) is 79.4 Å². The molecule has 0 atom stereocenters. The zero-order valence-electron chi connectivity index (χ0n) is 20.3. The van der Waals surface area contributed by atoms with Gasteiger partial charge in [0.2, 0.25) is 5.82 Å². The van der Waals surface area contributed by atoms with Crippen LogP contribution in [0, 0.1) is 0 Å². The Kier molecular flexibility index (Phi) is 7.83. The molecule has 0 spiro atoms. The molecule has 1 saturated heterocycles. The summed E-state index contributed by atoms with van der Waals surface area (Å²) >= 11 is 2.04. The van der Waals surface area contributed by atoms with E-state index in [0.717, 1.165) is 16.9 Å². The molecule has 186 valence electrons. The van der Waals surface area contributed by atoms with Crippen molar-refractivity contribution in [2.45, 2.75) is 25.3 Å². The smallest absolute Gasteiger partial charge is 0.258 e. The molecule has 8 heteroatoms. The van der Waals surface area contributed by atoms with Gasteiger partial charge in [-0.05, 0) is 71.7 Å². The predicted molar refractivity (Wildman–Crippen MR) is 142 cm³/mol. The molecule has 1 aliphatic heterocycles. The van der Waals surface area contributed by atoms with Gasteiger partial charge >= 0.3 is 0 Å². The van der Waals surface area contributed by atoms with E-state index in [2.05, 4.69) is 34.4 Å². The van der Waals surface area contributed by atoms with E-state index in [0.29, 0.717) is 43.0 Å². The molecule has 0 saturated carbocycles. The molecule has 4 aromatic rings. The lowest BCUT2D eigenvalue weighted by atomic mass is 9.93. The van der Waals surface area contributed by atoms with E-state index in [4.69, 9.17) is 14.0 Å². The molecule has 0 amide bonds. The van der Waals surface area contributed by atoms with Crippen molar-refractivity contribution in [1.82, 2.24) is 14.7 Å². The van der Waals surface area contributed by atoms with Gasteiger partial charge in [0, 0.05) is 30.5 Å². The van der Waals surface area contributed by atoms with Crippen LogP contribution in [0.1, 0.15) is 29.9 Å². The van der Waals surface area contributed by atoms with Crippen molar-refractivity contribution in [3.05, 3.63) is 88.3 Å². The van der Waals surface area contributed by atoms with E-state index in [1.54, 1.807) is 23.9 Å². The maximum Gasteiger partial charge on any atom is 0.258 e. The molecule has 0 unspecified atom stereocenters. The van der Waals surface area contributed by atoms with Gasteiger partial charge in [-0.1, -0.05) is 29.4 Å². The number of rotatable bonds is 9. The summed E-state index contributed by atoms with van der Waals surface area (Å²) in [7, 11) is 1.64. The fourth-order valence-electron chi connectivity index (χ4n) is 4.35. The highest BCUT2D eigenvalue weighted by atomic mass is 32.2. The lowest BCUT2D eigenvalue weighted by molar-refractivity contribution is 0.146. The number of pyridine rings is 1. The average molecular weight is 504 g/mol. The quantitative estimate of drug-likeness (QED) is 0.289. The highest BCUT2D eigenvalue weighted by Crippen LogP contribution is 2.32. The maximum atomic E-state index is 12.5. The molecule has 2 aromatic carbocycles. The molecule has 7 nitrogen and oxygen atoms in total. The number of thioether (sulfide) groups is 1. The summed E-state index contributed by atoms with van der Waals surface area (Å²) < 4.78 is 17.9. The van der Waals surface area contributed by atoms with Crippen molar-refractivity contribution in [1.29, 1.82) is 0 Å². The SMILES string of the molecule is COCCOc1cccc(Cn2cc(-c3noc(-c4ccc(C5CCSCC5)cc4)n3)ccc2=O)c1. The lowest BCUT2D eigenvalue weighted by Gasteiger charge is -2.21. The molecule has 0 radical (unpaired) electrons. The van der Waals surface area contributed by atoms with Crippen molar-refractivity contribution in [2.24, 2.45) is 0 Å². The van der Waals surface area contributed by atoms with Crippen LogP contribution >= 0.6 is 11.8 Å². The second-order valence-electron chi connectivity index (χ2n) is 8.80. The first-order valence-corrected chi connectivity index (χ1v) is 13.3. The van der Waals surface area contributed by atoms with Crippen molar-refractivity contribution >= 4 is 11.8 Å². The number of ether oxygens (including phenoxy) is 2. The predicted octanol–water partition coefficient (Wildman–Crippen LogP) is 5.25. The second-order valence-corrected chi connectivity index (χ2v) is 10.0. The normalized spacial score (nSPS) is 14.1. The zero-order chi connectivity index (χ0) is 24.7. The Balaban J connectivity index is 1.31. The third kappa shape index (κ3) is 5.88. The van der Waals surface area contributed by atoms with E-state index >= 15 is 0 Å². The van der Waals surface area contributed by atoms with Crippen LogP contribution in [0.25, 0.3) is 22.8 Å². The van der Waals surface area contributed by atoms with Gasteiger partial charge in [0.05, 0.1) is 13.2 Å². The van der Waals surface area contributed by atoms with E-state index in [-0.39, 0.29) is 5.56 Å². The minimum Gasteiger partial charge on any atom is -0.491 e. The van der Waals surface area contributed by atoms with Crippen LogP contribution in [0.4, 0.5) is 0 Å². The monoisotopic (exact) mass is 503 g/mol. The first-order chi connectivity index (χ1) is 17.7. The van der Waals surface area contributed by atoms with Gasteiger partial charge in [0.15, 0.2) is 0 Å². The molecule has 2 aromatic heterocycles. The molecular formula is C28H29N3O4S. The highest BCUT2D eigenvalue weighted by Gasteiger charge is 2.17. The molecule has 36 heavy (non-hydrogen) atoms. The summed E-state index contributed by atoms with van der Waals surface area (Å²) in [4.78, 5) is 17.1. The van der Waals surface area contributed by atoms with Crippen molar-refractivity contribution in [3.8, 4) is 28.6 Å². The van der Waals surface area contributed by atoms with E-state index in [1.807, 2.05) is 36.0 Å². The van der Waals surface area contributed by atoms with Crippen LogP contribution in [0.15, 0.2) is 76.2 Å². The van der Waals surface area contributed by atoms with Crippen LogP contribution in [-0.2, 0) is 11.3 Å². The number of hydrogen-bond acceptors (Lipinski definition) is 7. The van der Waals surface area contributed by atoms with Gasteiger partial charge in [0.1, 0.15) is 12.4 Å². The molecule has 1 aliphatic rings. The number of hydrogen-bond donors (Lipinski definition) is 0. The van der Waals surface area contributed by atoms with Crippen LogP contribution < -0.4 is 10.3 Å². The molecule has 1 fully saturated rings. The third-order valence-corrected chi connectivity index (χ3v) is 7.37. The van der Waals surface area contributed by atoms with Crippen LogP contribution in [-0.4, -0.2) is 46.5 Å². The van der Waals surface area contributed by atoms with E-state index < -0.39 is 0 Å². The largest absolute Gasteiger partial charge is 0.491 e. The van der Waals surface area contributed by atoms with Gasteiger partial charge in [-0.25, -0.2) is 0 Å². The van der Waals surface area contributed by atoms with Gasteiger partial charge in [-0.15, -0.1) is 0 Å². The summed E-state index contributed by atoms with van der Waals surface area (Å²) in [6.07, 6.45) is 4.23. The van der Waals surface area contributed by atoms with Crippen molar-refractivity contribution < 1.29 is 14.0 Å². The Morgan fingerprint density at radius 2 is 1.83 bits per heavy atom. The fraction of sp³-hybridized carbons (Fsp3) is 0.321. The fourth-order valence-corrected chi connectivity index (χ4v) is 5.45. The summed E-state index contributed by atoms with van der Waals surface area (Å²) in [6, 6.07) is 19.4.